The molecule has 2 rings (SSSR count). The average Bonchev–Trinajstić information content (AvgIpc) is 3.35. The SMILES string of the molecule is CC(C)(COC(=O)C[C@H](N)C(=O)O)[C@@H](O)C(=O)NCCC(=O)NCCSC(=O)CC(=O)NCCc1c[nH]c2ccc(O)cc12. The lowest BCUT2D eigenvalue weighted by Crippen LogP contribution is -2.47. The number of carbonyl (C=O) groups excluding carboxylic acids is 5. The molecular weight excluding hydrogens is 598 g/mol. The van der Waals surface area contributed by atoms with E-state index in [1.165, 1.54) is 13.8 Å². The van der Waals surface area contributed by atoms with E-state index in [9.17, 15) is 39.0 Å². The Morgan fingerprint density at radius 1 is 1.05 bits per heavy atom. The van der Waals surface area contributed by atoms with Gasteiger partial charge in [-0.2, -0.15) is 0 Å². The van der Waals surface area contributed by atoms with E-state index in [0.717, 1.165) is 28.2 Å². The van der Waals surface area contributed by atoms with Crippen LogP contribution in [0.5, 0.6) is 5.75 Å². The van der Waals surface area contributed by atoms with Crippen molar-refractivity contribution in [2.24, 2.45) is 11.1 Å². The lowest BCUT2D eigenvalue weighted by atomic mass is 9.87. The minimum Gasteiger partial charge on any atom is -0.508 e. The van der Waals surface area contributed by atoms with E-state index in [-0.39, 0.29) is 49.2 Å². The van der Waals surface area contributed by atoms with Crippen LogP contribution in [0.1, 0.15) is 38.7 Å². The molecule has 44 heavy (non-hydrogen) atoms. The van der Waals surface area contributed by atoms with E-state index in [0.29, 0.717) is 13.0 Å². The monoisotopic (exact) mass is 637 g/mol. The fraction of sp³-hybridized carbons (Fsp3) is 0.500. The standard InChI is InChI=1S/C28H39N5O10S/c1-28(2,15-43-23(37)12-19(29)27(41)42)25(39)26(40)32-8-6-21(35)31-9-10-44-24(38)13-22(36)30-7-5-16-14-33-20-4-3-17(34)11-18(16)20/h3-4,11,14,19,25,33-34,39H,5-10,12-13,15,29H2,1-2H3,(H,30,36)(H,31,35)(H,32,40)(H,41,42)/t19-,25-/m0/s1. The molecule has 3 amide bonds. The first-order valence-electron chi connectivity index (χ1n) is 13.8. The Bertz CT molecular complexity index is 1350. The molecule has 0 bridgehead atoms. The van der Waals surface area contributed by atoms with Crippen molar-refractivity contribution in [2.75, 3.05) is 32.0 Å². The van der Waals surface area contributed by atoms with Crippen LogP contribution in [-0.2, 0) is 39.9 Å². The first kappa shape index (κ1) is 36.0. The largest absolute Gasteiger partial charge is 0.508 e. The molecule has 0 radical (unpaired) electrons. The molecule has 16 heteroatoms. The highest BCUT2D eigenvalue weighted by atomic mass is 32.2. The Balaban J connectivity index is 1.56. The van der Waals surface area contributed by atoms with E-state index < -0.39 is 53.6 Å². The number of esters is 1. The zero-order chi connectivity index (χ0) is 32.9. The number of aromatic hydroxyl groups is 1. The molecule has 1 aromatic heterocycles. The molecule has 0 aliphatic heterocycles. The molecule has 9 N–H and O–H groups in total. The number of phenolic OH excluding ortho intramolecular Hbond substituents is 1. The predicted molar refractivity (Wildman–Crippen MR) is 160 cm³/mol. The number of aliphatic hydroxyl groups is 1. The molecule has 0 spiro atoms. The van der Waals surface area contributed by atoms with Crippen LogP contribution < -0.4 is 21.7 Å². The van der Waals surface area contributed by atoms with E-state index >= 15 is 0 Å². The summed E-state index contributed by atoms with van der Waals surface area (Å²) in [5.41, 5.74) is 5.85. The van der Waals surface area contributed by atoms with Crippen molar-refractivity contribution in [2.45, 2.75) is 51.7 Å². The number of H-pyrrole nitrogens is 1. The summed E-state index contributed by atoms with van der Waals surface area (Å²) in [6.07, 6.45) is -0.246. The third-order valence-corrected chi connectivity index (χ3v) is 7.28. The fourth-order valence-corrected chi connectivity index (χ4v) is 4.49. The van der Waals surface area contributed by atoms with Crippen LogP contribution in [0.25, 0.3) is 10.9 Å². The third kappa shape index (κ3) is 12.2. The van der Waals surface area contributed by atoms with Gasteiger partial charge < -0.3 is 46.7 Å². The van der Waals surface area contributed by atoms with Gasteiger partial charge in [0.15, 0.2) is 5.12 Å². The summed E-state index contributed by atoms with van der Waals surface area (Å²) in [5.74, 6) is -3.48. The molecule has 242 valence electrons. The van der Waals surface area contributed by atoms with Gasteiger partial charge in [-0.3, -0.25) is 28.8 Å². The van der Waals surface area contributed by atoms with Gasteiger partial charge in [-0.05, 0) is 30.2 Å². The smallest absolute Gasteiger partial charge is 0.321 e. The number of aromatic nitrogens is 1. The Hall–Kier alpha value is -4.15. The number of rotatable bonds is 18. The van der Waals surface area contributed by atoms with E-state index in [4.69, 9.17) is 15.6 Å². The molecule has 15 nitrogen and oxygen atoms in total. The van der Waals surface area contributed by atoms with Crippen molar-refractivity contribution in [3.05, 3.63) is 30.0 Å². The second-order valence-corrected chi connectivity index (χ2v) is 11.8. The van der Waals surface area contributed by atoms with Gasteiger partial charge in [0.05, 0.1) is 19.4 Å². The Kier molecular flexibility index (Phi) is 14.1. The number of hydrogen-bond acceptors (Lipinski definition) is 11. The number of carboxylic acids is 1. The number of ether oxygens (including phenoxy) is 1. The van der Waals surface area contributed by atoms with Gasteiger partial charge in [-0.1, -0.05) is 25.6 Å². The maximum absolute atomic E-state index is 12.3. The molecule has 2 atom stereocenters. The van der Waals surface area contributed by atoms with Gasteiger partial charge in [-0.25, -0.2) is 0 Å². The van der Waals surface area contributed by atoms with E-state index in [1.807, 2.05) is 0 Å². The number of hydrogen-bond donors (Lipinski definition) is 8. The number of aliphatic carboxylic acids is 1. The van der Waals surface area contributed by atoms with Crippen LogP contribution in [0.4, 0.5) is 0 Å². The van der Waals surface area contributed by atoms with Gasteiger partial charge in [0.25, 0.3) is 0 Å². The Morgan fingerprint density at radius 3 is 2.45 bits per heavy atom. The van der Waals surface area contributed by atoms with Crippen LogP contribution in [0.2, 0.25) is 0 Å². The zero-order valence-corrected chi connectivity index (χ0v) is 25.3. The van der Waals surface area contributed by atoms with Gasteiger partial charge in [0.2, 0.25) is 17.7 Å². The molecule has 0 aliphatic carbocycles. The Morgan fingerprint density at radius 2 is 1.75 bits per heavy atom. The molecule has 0 fully saturated rings. The second-order valence-electron chi connectivity index (χ2n) is 10.6. The summed E-state index contributed by atoms with van der Waals surface area (Å²) in [5, 5.41) is 36.9. The molecule has 0 saturated heterocycles. The minimum atomic E-state index is -1.59. The Labute approximate surface area is 257 Å². The van der Waals surface area contributed by atoms with E-state index in [2.05, 4.69) is 20.9 Å². The van der Waals surface area contributed by atoms with Crippen LogP contribution >= 0.6 is 11.8 Å². The predicted octanol–water partition coefficient (Wildman–Crippen LogP) is -0.463. The van der Waals surface area contributed by atoms with Gasteiger partial charge >= 0.3 is 11.9 Å². The molecule has 1 aromatic carbocycles. The molecule has 2 aromatic rings. The van der Waals surface area contributed by atoms with Crippen molar-refractivity contribution in [3.8, 4) is 5.75 Å². The number of nitrogens with two attached hydrogens (primary N) is 1. The highest BCUT2D eigenvalue weighted by Gasteiger charge is 2.35. The molecule has 0 saturated carbocycles. The number of thioether (sulfide) groups is 1. The van der Waals surface area contributed by atoms with Crippen molar-refractivity contribution >= 4 is 57.4 Å². The maximum atomic E-state index is 12.3. The molecule has 1 heterocycles. The highest BCUT2D eigenvalue weighted by Crippen LogP contribution is 2.23. The summed E-state index contributed by atoms with van der Waals surface area (Å²) >= 11 is 0.906. The molecule has 0 unspecified atom stereocenters. The number of benzene rings is 1. The number of aromatic amines is 1. The quantitative estimate of drug-likeness (QED) is 0.0587. The summed E-state index contributed by atoms with van der Waals surface area (Å²) in [7, 11) is 0. The summed E-state index contributed by atoms with van der Waals surface area (Å²) in [6, 6.07) is 3.55. The lowest BCUT2D eigenvalue weighted by Gasteiger charge is -2.29. The summed E-state index contributed by atoms with van der Waals surface area (Å²) in [4.78, 5) is 74.0. The van der Waals surface area contributed by atoms with Crippen molar-refractivity contribution in [3.63, 3.8) is 0 Å². The maximum Gasteiger partial charge on any atom is 0.321 e. The number of carboxylic acid groups (broad SMARTS) is 1. The van der Waals surface area contributed by atoms with E-state index in [1.54, 1.807) is 24.4 Å². The van der Waals surface area contributed by atoms with Crippen molar-refractivity contribution in [1.29, 1.82) is 0 Å². The van der Waals surface area contributed by atoms with Crippen LogP contribution in [0.3, 0.4) is 0 Å². The minimum absolute atomic E-state index is 0.0863. The topological polar surface area (TPSA) is 250 Å². The number of nitrogens with one attached hydrogen (secondary N) is 4. The number of phenols is 1. The van der Waals surface area contributed by atoms with Crippen LogP contribution in [0, 0.1) is 5.41 Å². The van der Waals surface area contributed by atoms with Crippen molar-refractivity contribution < 1.29 is 48.8 Å². The number of carbonyl (C=O) groups is 6. The second kappa shape index (κ2) is 17.2. The summed E-state index contributed by atoms with van der Waals surface area (Å²) < 4.78 is 4.94. The van der Waals surface area contributed by atoms with Crippen LogP contribution in [0.15, 0.2) is 24.4 Å². The van der Waals surface area contributed by atoms with Crippen LogP contribution in [-0.4, -0.2) is 99.2 Å². The number of amides is 3. The first-order chi connectivity index (χ1) is 20.7. The first-order valence-corrected chi connectivity index (χ1v) is 14.8. The van der Waals surface area contributed by atoms with Gasteiger partial charge in [-0.15, -0.1) is 0 Å². The lowest BCUT2D eigenvalue weighted by molar-refractivity contribution is -0.155. The van der Waals surface area contributed by atoms with Crippen molar-refractivity contribution in [1.82, 2.24) is 20.9 Å². The van der Waals surface area contributed by atoms with Gasteiger partial charge in [0, 0.05) is 54.3 Å². The fourth-order valence-electron chi connectivity index (χ4n) is 3.82. The summed E-state index contributed by atoms with van der Waals surface area (Å²) in [6.45, 7) is 2.95. The average molecular weight is 638 g/mol. The molecule has 0 aliphatic rings. The van der Waals surface area contributed by atoms with Gasteiger partial charge in [0.1, 0.15) is 17.9 Å². The zero-order valence-electron chi connectivity index (χ0n) is 24.5. The highest BCUT2D eigenvalue weighted by molar-refractivity contribution is 8.13. The number of fused-ring (bicyclic) bond motifs is 1. The third-order valence-electron chi connectivity index (χ3n) is 6.41. The molecular formula is C28H39N5O10S. The number of aliphatic hydroxyl groups excluding tert-OH is 1. The normalized spacial score (nSPS) is 12.6.